The zero-order valence-corrected chi connectivity index (χ0v) is 13.6. The van der Waals surface area contributed by atoms with Crippen molar-refractivity contribution in [3.05, 3.63) is 54.1 Å². The third-order valence-corrected chi connectivity index (χ3v) is 4.30. The van der Waals surface area contributed by atoms with Gasteiger partial charge in [-0.05, 0) is 35.2 Å². The maximum absolute atomic E-state index is 12.2. The van der Waals surface area contributed by atoms with E-state index in [1.165, 1.54) is 5.56 Å². The molecule has 3 rings (SSSR count). The summed E-state index contributed by atoms with van der Waals surface area (Å²) >= 11 is 0. The molecule has 1 heterocycles. The highest BCUT2D eigenvalue weighted by molar-refractivity contribution is 5.82. The van der Waals surface area contributed by atoms with Gasteiger partial charge in [-0.2, -0.15) is 0 Å². The first-order valence-corrected chi connectivity index (χ1v) is 7.89. The van der Waals surface area contributed by atoms with Gasteiger partial charge in [-0.15, -0.1) is 0 Å². The molecule has 23 heavy (non-hydrogen) atoms. The quantitative estimate of drug-likeness (QED) is 0.942. The molecule has 1 saturated heterocycles. The molecule has 1 aliphatic rings. The van der Waals surface area contributed by atoms with E-state index in [9.17, 15) is 4.79 Å². The fourth-order valence-corrected chi connectivity index (χ4v) is 2.93. The molecule has 2 aromatic rings. The van der Waals surface area contributed by atoms with Crippen LogP contribution >= 0.6 is 0 Å². The van der Waals surface area contributed by atoms with Gasteiger partial charge >= 0.3 is 0 Å². The molecule has 4 nitrogen and oxygen atoms in total. The number of likely N-dealkylation sites (N-methyl/N-ethyl adjacent to an activating group) is 1. The van der Waals surface area contributed by atoms with Crippen molar-refractivity contribution < 1.29 is 9.53 Å². The van der Waals surface area contributed by atoms with E-state index in [1.807, 2.05) is 25.2 Å². The van der Waals surface area contributed by atoms with Gasteiger partial charge in [0, 0.05) is 20.1 Å². The number of nitrogens with one attached hydrogen (secondary N) is 1. The first kappa shape index (κ1) is 15.6. The maximum Gasteiger partial charge on any atom is 0.239 e. The van der Waals surface area contributed by atoms with Gasteiger partial charge in [0.1, 0.15) is 5.75 Å². The summed E-state index contributed by atoms with van der Waals surface area (Å²) in [7, 11) is 3.53. The lowest BCUT2D eigenvalue weighted by molar-refractivity contribution is -0.134. The Hall–Kier alpha value is -2.33. The van der Waals surface area contributed by atoms with Crippen molar-refractivity contribution in [3.8, 4) is 16.9 Å². The molecule has 120 valence electrons. The lowest BCUT2D eigenvalue weighted by atomic mass is 9.98. The Labute approximate surface area is 137 Å². The molecule has 1 fully saturated rings. The average molecular weight is 310 g/mol. The SMILES string of the molecule is COc1ccc(-c2cccc(C[C@H]3NCCN(C)C3=O)c2)cc1. The second kappa shape index (κ2) is 6.84. The van der Waals surface area contributed by atoms with Gasteiger partial charge in [0.2, 0.25) is 5.91 Å². The summed E-state index contributed by atoms with van der Waals surface area (Å²) in [4.78, 5) is 14.0. The molecule has 0 aliphatic carbocycles. The summed E-state index contributed by atoms with van der Waals surface area (Å²) in [5.74, 6) is 1.02. The fourth-order valence-electron chi connectivity index (χ4n) is 2.93. The summed E-state index contributed by atoms with van der Waals surface area (Å²) in [6.07, 6.45) is 0.715. The van der Waals surface area contributed by atoms with E-state index in [1.54, 1.807) is 12.0 Å². The smallest absolute Gasteiger partial charge is 0.239 e. The van der Waals surface area contributed by atoms with Crippen LogP contribution in [0.1, 0.15) is 5.56 Å². The molecule has 1 N–H and O–H groups in total. The molecule has 1 amide bonds. The van der Waals surface area contributed by atoms with Gasteiger partial charge in [-0.25, -0.2) is 0 Å². The average Bonchev–Trinajstić information content (AvgIpc) is 2.59. The second-order valence-corrected chi connectivity index (χ2v) is 5.90. The molecule has 0 unspecified atom stereocenters. The largest absolute Gasteiger partial charge is 0.497 e. The van der Waals surface area contributed by atoms with Crippen molar-refractivity contribution in [3.63, 3.8) is 0 Å². The number of benzene rings is 2. The Morgan fingerprint density at radius 2 is 1.96 bits per heavy atom. The first-order valence-electron chi connectivity index (χ1n) is 7.89. The number of nitrogens with zero attached hydrogens (tertiary/aromatic N) is 1. The van der Waals surface area contributed by atoms with Crippen LogP contribution in [0.2, 0.25) is 0 Å². The van der Waals surface area contributed by atoms with Crippen molar-refractivity contribution in [2.75, 3.05) is 27.2 Å². The Balaban J connectivity index is 1.78. The van der Waals surface area contributed by atoms with E-state index < -0.39 is 0 Å². The molecular formula is C19H22N2O2. The lowest BCUT2D eigenvalue weighted by Crippen LogP contribution is -2.54. The van der Waals surface area contributed by atoms with E-state index in [-0.39, 0.29) is 11.9 Å². The van der Waals surface area contributed by atoms with Crippen LogP contribution in [-0.2, 0) is 11.2 Å². The Morgan fingerprint density at radius 1 is 1.17 bits per heavy atom. The zero-order valence-electron chi connectivity index (χ0n) is 13.6. The van der Waals surface area contributed by atoms with Crippen molar-refractivity contribution >= 4 is 5.91 Å². The number of hydrogen-bond donors (Lipinski definition) is 1. The number of ether oxygens (including phenoxy) is 1. The number of methoxy groups -OCH3 is 1. The summed E-state index contributed by atoms with van der Waals surface area (Å²) in [6.45, 7) is 1.63. The summed E-state index contributed by atoms with van der Waals surface area (Å²) in [5.41, 5.74) is 3.47. The number of amides is 1. The molecule has 1 atom stereocenters. The van der Waals surface area contributed by atoms with Crippen LogP contribution in [0.25, 0.3) is 11.1 Å². The van der Waals surface area contributed by atoms with Crippen LogP contribution in [0.15, 0.2) is 48.5 Å². The minimum atomic E-state index is -0.125. The lowest BCUT2D eigenvalue weighted by Gasteiger charge is -2.30. The Bertz CT molecular complexity index is 682. The number of piperazine rings is 1. The normalized spacial score (nSPS) is 18.1. The van der Waals surface area contributed by atoms with Gasteiger partial charge in [-0.1, -0.05) is 36.4 Å². The Kier molecular flexibility index (Phi) is 4.63. The molecule has 1 aliphatic heterocycles. The minimum Gasteiger partial charge on any atom is -0.497 e. The minimum absolute atomic E-state index is 0.125. The predicted molar refractivity (Wildman–Crippen MR) is 91.6 cm³/mol. The van der Waals surface area contributed by atoms with Crippen LogP contribution in [0.5, 0.6) is 5.75 Å². The van der Waals surface area contributed by atoms with Gasteiger partial charge in [0.25, 0.3) is 0 Å². The number of hydrogen-bond acceptors (Lipinski definition) is 3. The number of carbonyl (C=O) groups is 1. The van der Waals surface area contributed by atoms with Gasteiger partial charge in [-0.3, -0.25) is 4.79 Å². The van der Waals surface area contributed by atoms with Crippen LogP contribution in [-0.4, -0.2) is 44.1 Å². The monoisotopic (exact) mass is 310 g/mol. The van der Waals surface area contributed by atoms with Crippen molar-refractivity contribution in [1.29, 1.82) is 0 Å². The molecule has 0 saturated carbocycles. The van der Waals surface area contributed by atoms with Crippen molar-refractivity contribution in [2.45, 2.75) is 12.5 Å². The Morgan fingerprint density at radius 3 is 2.70 bits per heavy atom. The molecule has 2 aromatic carbocycles. The third kappa shape index (κ3) is 3.54. The van der Waals surface area contributed by atoms with Crippen LogP contribution in [0.4, 0.5) is 0 Å². The molecule has 0 radical (unpaired) electrons. The molecule has 0 spiro atoms. The predicted octanol–water partition coefficient (Wildman–Crippen LogP) is 2.33. The van der Waals surface area contributed by atoms with Gasteiger partial charge in [0.05, 0.1) is 13.2 Å². The second-order valence-electron chi connectivity index (χ2n) is 5.90. The summed E-state index contributed by atoms with van der Waals surface area (Å²) in [5, 5.41) is 3.31. The van der Waals surface area contributed by atoms with E-state index in [2.05, 4.69) is 35.6 Å². The van der Waals surface area contributed by atoms with E-state index in [0.717, 1.165) is 30.0 Å². The van der Waals surface area contributed by atoms with Crippen molar-refractivity contribution in [2.24, 2.45) is 0 Å². The van der Waals surface area contributed by atoms with E-state index in [4.69, 9.17) is 4.74 Å². The standard InChI is InChI=1S/C19H22N2O2/c1-21-11-10-20-18(19(21)22)13-14-4-3-5-16(12-14)15-6-8-17(23-2)9-7-15/h3-9,12,18,20H,10-11,13H2,1-2H3/t18-/m1/s1. The topological polar surface area (TPSA) is 41.6 Å². The van der Waals surface area contributed by atoms with Crippen LogP contribution in [0.3, 0.4) is 0 Å². The maximum atomic E-state index is 12.2. The number of rotatable bonds is 4. The highest BCUT2D eigenvalue weighted by Gasteiger charge is 2.25. The highest BCUT2D eigenvalue weighted by Crippen LogP contribution is 2.23. The van der Waals surface area contributed by atoms with Gasteiger partial charge < -0.3 is 15.0 Å². The summed E-state index contributed by atoms with van der Waals surface area (Å²) in [6, 6.07) is 16.3. The van der Waals surface area contributed by atoms with Crippen LogP contribution < -0.4 is 10.1 Å². The first-order chi connectivity index (χ1) is 11.2. The van der Waals surface area contributed by atoms with E-state index in [0.29, 0.717) is 6.42 Å². The number of carbonyl (C=O) groups excluding carboxylic acids is 1. The fraction of sp³-hybridized carbons (Fsp3) is 0.316. The molecule has 0 bridgehead atoms. The third-order valence-electron chi connectivity index (χ3n) is 4.30. The van der Waals surface area contributed by atoms with Crippen molar-refractivity contribution in [1.82, 2.24) is 10.2 Å². The molecular weight excluding hydrogens is 288 g/mol. The summed E-state index contributed by atoms with van der Waals surface area (Å²) < 4.78 is 5.20. The highest BCUT2D eigenvalue weighted by atomic mass is 16.5. The molecule has 0 aromatic heterocycles. The van der Waals surface area contributed by atoms with Gasteiger partial charge in [0.15, 0.2) is 0 Å². The van der Waals surface area contributed by atoms with Crippen LogP contribution in [0, 0.1) is 0 Å². The van der Waals surface area contributed by atoms with E-state index >= 15 is 0 Å². The zero-order chi connectivity index (χ0) is 16.2. The molecule has 4 heteroatoms.